The van der Waals surface area contributed by atoms with Crippen molar-refractivity contribution < 1.29 is 4.39 Å². The molecule has 2 rings (SSSR count). The minimum absolute atomic E-state index is 0.151. The first kappa shape index (κ1) is 11.4. The van der Waals surface area contributed by atoms with E-state index in [2.05, 4.69) is 5.32 Å². The highest BCUT2D eigenvalue weighted by atomic mass is 19.1. The summed E-state index contributed by atoms with van der Waals surface area (Å²) in [5.41, 5.74) is 2.09. The van der Waals surface area contributed by atoms with Crippen molar-refractivity contribution in [1.29, 1.82) is 0 Å². The molecule has 1 nitrogen and oxygen atoms in total. The summed E-state index contributed by atoms with van der Waals surface area (Å²) >= 11 is 0. The average Bonchev–Trinajstić information content (AvgIpc) is 2.52. The topological polar surface area (TPSA) is 12.0 Å². The van der Waals surface area contributed by atoms with E-state index in [1.54, 1.807) is 6.07 Å². The maximum Gasteiger partial charge on any atom is 0.125 e. The Bertz CT molecular complexity index is 341. The summed E-state index contributed by atoms with van der Waals surface area (Å²) in [6, 6.07) is 5.50. The molecule has 0 bridgehead atoms. The molecule has 0 atom stereocenters. The van der Waals surface area contributed by atoms with Crippen molar-refractivity contribution in [2.75, 3.05) is 5.32 Å². The van der Waals surface area contributed by atoms with Crippen LogP contribution in [0.25, 0.3) is 0 Å². The van der Waals surface area contributed by atoms with Gasteiger partial charge in [0.05, 0.1) is 0 Å². The van der Waals surface area contributed by atoms with Gasteiger partial charge < -0.3 is 5.32 Å². The first-order valence-corrected chi connectivity index (χ1v) is 6.28. The summed E-state index contributed by atoms with van der Waals surface area (Å²) in [6.07, 6.45) is 7.73. The van der Waals surface area contributed by atoms with Gasteiger partial charge in [0.2, 0.25) is 0 Å². The molecule has 1 saturated carbocycles. The van der Waals surface area contributed by atoms with Crippen molar-refractivity contribution in [2.24, 2.45) is 0 Å². The van der Waals surface area contributed by atoms with Gasteiger partial charge in [-0.3, -0.25) is 0 Å². The Balaban J connectivity index is 2.04. The van der Waals surface area contributed by atoms with Gasteiger partial charge in [-0.1, -0.05) is 31.7 Å². The van der Waals surface area contributed by atoms with Crippen LogP contribution in [0.2, 0.25) is 0 Å². The van der Waals surface area contributed by atoms with Crippen LogP contribution in [0, 0.1) is 12.7 Å². The van der Waals surface area contributed by atoms with E-state index >= 15 is 0 Å². The quantitative estimate of drug-likeness (QED) is 0.735. The zero-order chi connectivity index (χ0) is 11.4. The van der Waals surface area contributed by atoms with E-state index in [0.29, 0.717) is 6.04 Å². The molecule has 0 unspecified atom stereocenters. The van der Waals surface area contributed by atoms with Gasteiger partial charge in [0.25, 0.3) is 0 Å². The van der Waals surface area contributed by atoms with Crippen molar-refractivity contribution >= 4 is 5.69 Å². The third-order valence-electron chi connectivity index (χ3n) is 3.41. The van der Waals surface area contributed by atoms with Crippen molar-refractivity contribution in [3.05, 3.63) is 29.6 Å². The van der Waals surface area contributed by atoms with E-state index in [0.717, 1.165) is 11.3 Å². The highest BCUT2D eigenvalue weighted by Crippen LogP contribution is 2.23. The van der Waals surface area contributed by atoms with Gasteiger partial charge in [0.1, 0.15) is 5.82 Å². The van der Waals surface area contributed by atoms with Crippen LogP contribution in [0.4, 0.5) is 10.1 Å². The fourth-order valence-corrected chi connectivity index (χ4v) is 2.39. The maximum absolute atomic E-state index is 13.1. The third kappa shape index (κ3) is 2.97. The second-order valence-electron chi connectivity index (χ2n) is 4.79. The highest BCUT2D eigenvalue weighted by molar-refractivity contribution is 5.51. The Labute approximate surface area is 97.1 Å². The van der Waals surface area contributed by atoms with Gasteiger partial charge in [0, 0.05) is 11.7 Å². The van der Waals surface area contributed by atoms with Crippen LogP contribution >= 0.6 is 0 Å². The number of halogens is 1. The standard InChI is InChI=1S/C14H20FN/c1-11-8-9-12(15)10-14(11)16-13-6-4-2-3-5-7-13/h8-10,13,16H,2-7H2,1H3. The fraction of sp³-hybridized carbons (Fsp3) is 0.571. The summed E-state index contributed by atoms with van der Waals surface area (Å²) in [5.74, 6) is -0.151. The molecule has 2 heteroatoms. The molecule has 0 spiro atoms. The largest absolute Gasteiger partial charge is 0.382 e. The Hall–Kier alpha value is -1.05. The van der Waals surface area contributed by atoms with Crippen LogP contribution < -0.4 is 5.32 Å². The van der Waals surface area contributed by atoms with Crippen LogP contribution in [-0.2, 0) is 0 Å². The lowest BCUT2D eigenvalue weighted by molar-refractivity contribution is 0.612. The lowest BCUT2D eigenvalue weighted by Gasteiger charge is -2.19. The van der Waals surface area contributed by atoms with Gasteiger partial charge >= 0.3 is 0 Å². The Morgan fingerprint density at radius 1 is 1.12 bits per heavy atom. The number of nitrogens with one attached hydrogen (secondary N) is 1. The lowest BCUT2D eigenvalue weighted by atomic mass is 10.1. The average molecular weight is 221 g/mol. The minimum atomic E-state index is -0.151. The first-order valence-electron chi connectivity index (χ1n) is 6.28. The molecule has 1 N–H and O–H groups in total. The predicted molar refractivity (Wildman–Crippen MR) is 66.2 cm³/mol. The Kier molecular flexibility index (Phi) is 3.81. The van der Waals surface area contributed by atoms with Crippen molar-refractivity contribution in [2.45, 2.75) is 51.5 Å². The molecular formula is C14H20FN. The number of anilines is 1. The van der Waals surface area contributed by atoms with Crippen LogP contribution in [0.15, 0.2) is 18.2 Å². The molecule has 0 heterocycles. The summed E-state index contributed by atoms with van der Waals surface area (Å²) in [7, 11) is 0. The number of hydrogen-bond donors (Lipinski definition) is 1. The zero-order valence-corrected chi connectivity index (χ0v) is 9.93. The van der Waals surface area contributed by atoms with Crippen molar-refractivity contribution in [1.82, 2.24) is 0 Å². The van der Waals surface area contributed by atoms with E-state index in [9.17, 15) is 4.39 Å². The summed E-state index contributed by atoms with van der Waals surface area (Å²) in [4.78, 5) is 0. The van der Waals surface area contributed by atoms with Gasteiger partial charge in [-0.25, -0.2) is 4.39 Å². The fourth-order valence-electron chi connectivity index (χ4n) is 2.39. The molecule has 1 aromatic carbocycles. The van der Waals surface area contributed by atoms with Gasteiger partial charge in [-0.05, 0) is 37.5 Å². The molecular weight excluding hydrogens is 201 g/mol. The normalized spacial score (nSPS) is 18.1. The van der Waals surface area contributed by atoms with Crippen LogP contribution in [0.3, 0.4) is 0 Å². The summed E-state index contributed by atoms with van der Waals surface area (Å²) in [6.45, 7) is 2.03. The molecule has 1 fully saturated rings. The summed E-state index contributed by atoms with van der Waals surface area (Å²) in [5, 5.41) is 3.49. The minimum Gasteiger partial charge on any atom is -0.382 e. The molecule has 0 amide bonds. The molecule has 0 aromatic heterocycles. The predicted octanol–water partition coefficient (Wildman–Crippen LogP) is 4.27. The van der Waals surface area contributed by atoms with Crippen LogP contribution in [0.1, 0.15) is 44.1 Å². The molecule has 0 aliphatic heterocycles. The Morgan fingerprint density at radius 2 is 1.81 bits per heavy atom. The monoisotopic (exact) mass is 221 g/mol. The molecule has 0 saturated heterocycles. The molecule has 1 aliphatic carbocycles. The van der Waals surface area contributed by atoms with E-state index in [4.69, 9.17) is 0 Å². The molecule has 1 aliphatic rings. The number of aryl methyl sites for hydroxylation is 1. The molecule has 88 valence electrons. The SMILES string of the molecule is Cc1ccc(F)cc1NC1CCCCCC1. The van der Waals surface area contributed by atoms with Crippen LogP contribution in [0.5, 0.6) is 0 Å². The van der Waals surface area contributed by atoms with Crippen LogP contribution in [-0.4, -0.2) is 6.04 Å². The third-order valence-corrected chi connectivity index (χ3v) is 3.41. The molecule has 16 heavy (non-hydrogen) atoms. The smallest absolute Gasteiger partial charge is 0.125 e. The van der Waals surface area contributed by atoms with Crippen molar-refractivity contribution in [3.8, 4) is 0 Å². The first-order chi connectivity index (χ1) is 7.75. The zero-order valence-electron chi connectivity index (χ0n) is 9.93. The molecule has 0 radical (unpaired) electrons. The van der Waals surface area contributed by atoms with E-state index < -0.39 is 0 Å². The maximum atomic E-state index is 13.1. The summed E-state index contributed by atoms with van der Waals surface area (Å²) < 4.78 is 13.1. The van der Waals surface area contributed by atoms with Gasteiger partial charge in [-0.2, -0.15) is 0 Å². The molecule has 1 aromatic rings. The van der Waals surface area contributed by atoms with E-state index in [-0.39, 0.29) is 5.82 Å². The van der Waals surface area contributed by atoms with E-state index in [1.807, 2.05) is 13.0 Å². The van der Waals surface area contributed by atoms with Gasteiger partial charge in [0.15, 0.2) is 0 Å². The Morgan fingerprint density at radius 3 is 2.50 bits per heavy atom. The second kappa shape index (κ2) is 5.33. The number of hydrogen-bond acceptors (Lipinski definition) is 1. The van der Waals surface area contributed by atoms with E-state index in [1.165, 1.54) is 44.6 Å². The number of benzene rings is 1. The second-order valence-corrected chi connectivity index (χ2v) is 4.79. The highest BCUT2D eigenvalue weighted by Gasteiger charge is 2.12. The number of rotatable bonds is 2. The van der Waals surface area contributed by atoms with Crippen molar-refractivity contribution in [3.63, 3.8) is 0 Å². The lowest BCUT2D eigenvalue weighted by Crippen LogP contribution is -2.18. The van der Waals surface area contributed by atoms with Gasteiger partial charge in [-0.15, -0.1) is 0 Å².